The van der Waals surface area contributed by atoms with Gasteiger partial charge in [-0.2, -0.15) is 0 Å². The molecule has 3 aromatic rings. The molecule has 116 valence electrons. The van der Waals surface area contributed by atoms with Gasteiger partial charge in [0.25, 0.3) is 0 Å². The molecule has 0 spiro atoms. The molecule has 3 rings (SSSR count). The maximum Gasteiger partial charge on any atom is 0.243 e. The first-order chi connectivity index (χ1) is 11.2. The number of benzene rings is 2. The summed E-state index contributed by atoms with van der Waals surface area (Å²) in [5, 5.41) is 10.3. The highest BCUT2D eigenvalue weighted by Crippen LogP contribution is 2.26. The number of pyridine rings is 1. The minimum absolute atomic E-state index is 0.213. The first-order valence-corrected chi connectivity index (χ1v) is 7.63. The van der Waals surface area contributed by atoms with Crippen LogP contribution in [0.5, 0.6) is 0 Å². The molecule has 0 aliphatic heterocycles. The van der Waals surface area contributed by atoms with Crippen molar-refractivity contribution in [2.45, 2.75) is 12.8 Å². The largest absolute Gasteiger partial charge is 0.289 e. The molecule has 0 saturated heterocycles. The summed E-state index contributed by atoms with van der Waals surface area (Å²) >= 11 is 5.94. The molecule has 0 aliphatic carbocycles. The topological polar surface area (TPSA) is 62.2 Å². The van der Waals surface area contributed by atoms with Crippen LogP contribution in [0.1, 0.15) is 12.0 Å². The average molecular weight is 327 g/mol. The van der Waals surface area contributed by atoms with E-state index in [9.17, 15) is 4.79 Å². The van der Waals surface area contributed by atoms with Crippen LogP contribution in [0.2, 0.25) is 5.02 Å². The molecule has 2 N–H and O–H groups in total. The fourth-order valence-electron chi connectivity index (χ4n) is 2.53. The number of hydrogen-bond donors (Lipinski definition) is 2. The number of para-hydroxylation sites is 1. The highest BCUT2D eigenvalue weighted by Gasteiger charge is 2.09. The number of hydroxylamine groups is 1. The van der Waals surface area contributed by atoms with E-state index in [2.05, 4.69) is 0 Å². The van der Waals surface area contributed by atoms with E-state index in [-0.39, 0.29) is 6.42 Å². The highest BCUT2D eigenvalue weighted by atomic mass is 35.5. The summed E-state index contributed by atoms with van der Waals surface area (Å²) in [4.78, 5) is 16.0. The van der Waals surface area contributed by atoms with Gasteiger partial charge in [-0.05, 0) is 36.2 Å². The zero-order valence-corrected chi connectivity index (χ0v) is 13.0. The second-order valence-corrected chi connectivity index (χ2v) is 5.66. The van der Waals surface area contributed by atoms with Crippen molar-refractivity contribution in [3.63, 3.8) is 0 Å². The number of amides is 1. The highest BCUT2D eigenvalue weighted by molar-refractivity contribution is 6.30. The van der Waals surface area contributed by atoms with Crippen molar-refractivity contribution >= 4 is 28.4 Å². The van der Waals surface area contributed by atoms with Gasteiger partial charge in [-0.1, -0.05) is 41.9 Å². The van der Waals surface area contributed by atoms with Crippen molar-refractivity contribution in [2.24, 2.45) is 0 Å². The molecule has 0 unspecified atom stereocenters. The second kappa shape index (κ2) is 6.77. The van der Waals surface area contributed by atoms with Crippen LogP contribution in [0.4, 0.5) is 0 Å². The molecule has 0 aliphatic rings. The molecule has 4 nitrogen and oxygen atoms in total. The van der Waals surface area contributed by atoms with Gasteiger partial charge in [-0.15, -0.1) is 0 Å². The molecular weight excluding hydrogens is 312 g/mol. The molecule has 0 bridgehead atoms. The molecule has 0 radical (unpaired) electrons. The van der Waals surface area contributed by atoms with Crippen LogP contribution in [0.15, 0.2) is 54.6 Å². The predicted octanol–water partition coefficient (Wildman–Crippen LogP) is 3.99. The first-order valence-electron chi connectivity index (χ1n) is 7.25. The lowest BCUT2D eigenvalue weighted by Crippen LogP contribution is -2.18. The van der Waals surface area contributed by atoms with Gasteiger partial charge in [0.15, 0.2) is 0 Å². The van der Waals surface area contributed by atoms with Crippen LogP contribution >= 0.6 is 11.6 Å². The molecule has 23 heavy (non-hydrogen) atoms. The molecular formula is C18H15ClN2O2. The van der Waals surface area contributed by atoms with Crippen LogP contribution in [-0.2, 0) is 11.2 Å². The van der Waals surface area contributed by atoms with E-state index < -0.39 is 5.91 Å². The number of aryl methyl sites for hydroxylation is 1. The summed E-state index contributed by atoms with van der Waals surface area (Å²) in [6.07, 6.45) is 0.737. The molecule has 0 atom stereocenters. The van der Waals surface area contributed by atoms with Crippen molar-refractivity contribution < 1.29 is 10.0 Å². The number of hydrogen-bond acceptors (Lipinski definition) is 3. The van der Waals surface area contributed by atoms with Gasteiger partial charge in [0.1, 0.15) is 0 Å². The smallest absolute Gasteiger partial charge is 0.243 e. The summed E-state index contributed by atoms with van der Waals surface area (Å²) < 4.78 is 0. The Morgan fingerprint density at radius 1 is 1.13 bits per heavy atom. The zero-order valence-electron chi connectivity index (χ0n) is 12.3. The Balaban J connectivity index is 2.06. The predicted molar refractivity (Wildman–Crippen MR) is 90.4 cm³/mol. The maximum atomic E-state index is 11.3. The van der Waals surface area contributed by atoms with E-state index in [1.165, 1.54) is 0 Å². The van der Waals surface area contributed by atoms with Gasteiger partial charge in [0, 0.05) is 22.4 Å². The number of halogens is 1. The third-order valence-corrected chi connectivity index (χ3v) is 3.94. The Morgan fingerprint density at radius 2 is 1.87 bits per heavy atom. The number of rotatable bonds is 4. The van der Waals surface area contributed by atoms with Gasteiger partial charge < -0.3 is 0 Å². The summed E-state index contributed by atoms with van der Waals surface area (Å²) in [6.45, 7) is 0. The standard InChI is InChI=1S/C18H15ClN2O2/c19-14-8-5-12(6-9-14)17-11-13(7-10-18(22)21-23)15-3-1-2-4-16(15)20-17/h1-6,8-9,11,23H,7,10H2,(H,21,22). The van der Waals surface area contributed by atoms with Gasteiger partial charge in [0.05, 0.1) is 11.2 Å². The Bertz CT molecular complexity index is 847. The number of nitrogens with one attached hydrogen (secondary N) is 1. The quantitative estimate of drug-likeness (QED) is 0.563. The van der Waals surface area contributed by atoms with Crippen LogP contribution in [-0.4, -0.2) is 16.1 Å². The van der Waals surface area contributed by atoms with Crippen molar-refractivity contribution in [3.8, 4) is 11.3 Å². The minimum Gasteiger partial charge on any atom is -0.289 e. The normalized spacial score (nSPS) is 10.7. The summed E-state index contributed by atoms with van der Waals surface area (Å²) in [5.74, 6) is -0.404. The first kappa shape index (κ1) is 15.5. The third-order valence-electron chi connectivity index (χ3n) is 3.69. The van der Waals surface area contributed by atoms with E-state index >= 15 is 0 Å². The van der Waals surface area contributed by atoms with E-state index in [0.717, 1.165) is 27.7 Å². The Morgan fingerprint density at radius 3 is 2.61 bits per heavy atom. The second-order valence-electron chi connectivity index (χ2n) is 5.23. The lowest BCUT2D eigenvalue weighted by molar-refractivity contribution is -0.129. The molecule has 5 heteroatoms. The number of fused-ring (bicyclic) bond motifs is 1. The van der Waals surface area contributed by atoms with E-state index in [0.29, 0.717) is 11.4 Å². The summed E-state index contributed by atoms with van der Waals surface area (Å²) in [5.41, 5.74) is 5.36. The van der Waals surface area contributed by atoms with Crippen LogP contribution in [0.3, 0.4) is 0 Å². The minimum atomic E-state index is -0.404. The molecule has 1 heterocycles. The van der Waals surface area contributed by atoms with Crippen molar-refractivity contribution in [2.75, 3.05) is 0 Å². The Labute approximate surface area is 138 Å². The molecule has 1 aromatic heterocycles. The third kappa shape index (κ3) is 3.50. The zero-order chi connectivity index (χ0) is 16.2. The fourth-order valence-corrected chi connectivity index (χ4v) is 2.65. The van der Waals surface area contributed by atoms with Gasteiger partial charge in [0.2, 0.25) is 5.91 Å². The lowest BCUT2D eigenvalue weighted by atomic mass is 10.0. The lowest BCUT2D eigenvalue weighted by Gasteiger charge is -2.10. The monoisotopic (exact) mass is 326 g/mol. The SMILES string of the molecule is O=C(CCc1cc(-c2ccc(Cl)cc2)nc2ccccc12)NO. The summed E-state index contributed by atoms with van der Waals surface area (Å²) in [6, 6.07) is 17.3. The van der Waals surface area contributed by atoms with Crippen LogP contribution < -0.4 is 5.48 Å². The van der Waals surface area contributed by atoms with Crippen molar-refractivity contribution in [3.05, 3.63) is 65.2 Å². The van der Waals surface area contributed by atoms with E-state index in [1.807, 2.05) is 54.6 Å². The van der Waals surface area contributed by atoms with Crippen molar-refractivity contribution in [1.29, 1.82) is 0 Å². The van der Waals surface area contributed by atoms with Crippen LogP contribution in [0.25, 0.3) is 22.2 Å². The molecule has 1 amide bonds. The Kier molecular flexibility index (Phi) is 4.55. The van der Waals surface area contributed by atoms with Gasteiger partial charge in [-0.3, -0.25) is 10.0 Å². The number of aromatic nitrogens is 1. The number of nitrogens with zero attached hydrogens (tertiary/aromatic N) is 1. The van der Waals surface area contributed by atoms with E-state index in [1.54, 1.807) is 5.48 Å². The number of carbonyl (C=O) groups is 1. The molecule has 0 fully saturated rings. The van der Waals surface area contributed by atoms with Gasteiger partial charge in [-0.25, -0.2) is 10.5 Å². The fraction of sp³-hybridized carbons (Fsp3) is 0.111. The van der Waals surface area contributed by atoms with Crippen LogP contribution in [0, 0.1) is 0 Å². The van der Waals surface area contributed by atoms with Crippen molar-refractivity contribution in [1.82, 2.24) is 10.5 Å². The maximum absolute atomic E-state index is 11.3. The molecule has 2 aromatic carbocycles. The Hall–Kier alpha value is -2.43. The number of carbonyl (C=O) groups excluding carboxylic acids is 1. The molecule has 0 saturated carbocycles. The average Bonchev–Trinajstić information content (AvgIpc) is 2.59. The van der Waals surface area contributed by atoms with E-state index in [4.69, 9.17) is 21.8 Å². The van der Waals surface area contributed by atoms with Gasteiger partial charge >= 0.3 is 0 Å². The summed E-state index contributed by atoms with van der Waals surface area (Å²) in [7, 11) is 0.